The molecule has 2 aromatic carbocycles. The molecule has 124 valence electrons. The summed E-state index contributed by atoms with van der Waals surface area (Å²) in [6, 6.07) is 12.6. The molecule has 0 spiro atoms. The Morgan fingerprint density at radius 1 is 1.25 bits per heavy atom. The third-order valence-corrected chi connectivity index (χ3v) is 3.62. The van der Waals surface area contributed by atoms with E-state index in [4.69, 9.17) is 4.74 Å². The average Bonchev–Trinajstić information content (AvgIpc) is 2.61. The van der Waals surface area contributed by atoms with Gasteiger partial charge in [-0.2, -0.15) is 0 Å². The molecule has 0 aliphatic heterocycles. The zero-order valence-electron chi connectivity index (χ0n) is 12.9. The van der Waals surface area contributed by atoms with E-state index in [2.05, 4.69) is 20.9 Å². The number of hydrogen-bond acceptors (Lipinski definition) is 5. The summed E-state index contributed by atoms with van der Waals surface area (Å²) in [5.74, 6) is 0.0666. The van der Waals surface area contributed by atoms with Crippen LogP contribution in [0.3, 0.4) is 0 Å². The SMILES string of the molecule is CCOC(CBr)=Nc1ccc([N+](=O)[O-])cc1C(=O)c1ccccc1. The second-order valence-corrected chi connectivity index (χ2v) is 5.29. The van der Waals surface area contributed by atoms with Gasteiger partial charge >= 0.3 is 0 Å². The molecule has 24 heavy (non-hydrogen) atoms. The quantitative estimate of drug-likeness (QED) is 0.184. The number of rotatable bonds is 6. The van der Waals surface area contributed by atoms with Gasteiger partial charge in [0.1, 0.15) is 0 Å². The van der Waals surface area contributed by atoms with Gasteiger partial charge in [0.15, 0.2) is 11.7 Å². The van der Waals surface area contributed by atoms with E-state index < -0.39 is 4.92 Å². The summed E-state index contributed by atoms with van der Waals surface area (Å²) in [5.41, 5.74) is 0.766. The van der Waals surface area contributed by atoms with Gasteiger partial charge in [-0.15, -0.1) is 0 Å². The zero-order valence-corrected chi connectivity index (χ0v) is 14.5. The van der Waals surface area contributed by atoms with Crippen LogP contribution in [0.1, 0.15) is 22.8 Å². The normalized spacial score (nSPS) is 11.2. The number of carbonyl (C=O) groups is 1. The predicted octanol–water partition coefficient (Wildman–Crippen LogP) is 4.29. The summed E-state index contributed by atoms with van der Waals surface area (Å²) in [5, 5.41) is 11.4. The second-order valence-electron chi connectivity index (χ2n) is 4.73. The lowest BCUT2D eigenvalue weighted by Crippen LogP contribution is -2.07. The number of alkyl halides is 1. The van der Waals surface area contributed by atoms with E-state index in [1.54, 1.807) is 30.3 Å². The zero-order chi connectivity index (χ0) is 17.5. The summed E-state index contributed by atoms with van der Waals surface area (Å²) < 4.78 is 5.37. The Kier molecular flexibility index (Phi) is 6.20. The molecule has 0 unspecified atom stereocenters. The molecule has 6 nitrogen and oxygen atoms in total. The first-order valence-corrected chi connectivity index (χ1v) is 8.33. The summed E-state index contributed by atoms with van der Waals surface area (Å²) in [4.78, 5) is 27.5. The molecular weight excluding hydrogens is 376 g/mol. The van der Waals surface area contributed by atoms with E-state index in [9.17, 15) is 14.9 Å². The van der Waals surface area contributed by atoms with Crippen LogP contribution in [0.25, 0.3) is 0 Å². The van der Waals surface area contributed by atoms with Gasteiger partial charge in [0, 0.05) is 17.7 Å². The van der Waals surface area contributed by atoms with E-state index >= 15 is 0 Å². The molecule has 0 atom stereocenters. The van der Waals surface area contributed by atoms with Gasteiger partial charge in [0.2, 0.25) is 0 Å². The van der Waals surface area contributed by atoms with Gasteiger partial charge in [-0.25, -0.2) is 4.99 Å². The number of ether oxygens (including phenoxy) is 1. The van der Waals surface area contributed by atoms with Crippen molar-refractivity contribution in [1.29, 1.82) is 0 Å². The third kappa shape index (κ3) is 4.26. The standard InChI is InChI=1S/C17H15BrN2O4/c1-2-24-16(11-18)19-15-9-8-13(20(22)23)10-14(15)17(21)12-6-4-3-5-7-12/h3-10H,2,11H2,1H3. The Morgan fingerprint density at radius 3 is 2.54 bits per heavy atom. The molecule has 0 aliphatic rings. The van der Waals surface area contributed by atoms with Crippen molar-refractivity contribution in [3.63, 3.8) is 0 Å². The minimum absolute atomic E-state index is 0.161. The number of carbonyl (C=O) groups excluding carboxylic acids is 1. The van der Waals surface area contributed by atoms with Crippen molar-refractivity contribution >= 4 is 39.0 Å². The first kappa shape index (κ1) is 17.8. The minimum atomic E-state index is -0.538. The van der Waals surface area contributed by atoms with Crippen molar-refractivity contribution in [1.82, 2.24) is 0 Å². The largest absolute Gasteiger partial charge is 0.480 e. The first-order valence-electron chi connectivity index (χ1n) is 7.21. The molecule has 0 amide bonds. The highest BCUT2D eigenvalue weighted by atomic mass is 79.9. The molecule has 0 saturated heterocycles. The van der Waals surface area contributed by atoms with Crippen molar-refractivity contribution in [3.8, 4) is 0 Å². The van der Waals surface area contributed by atoms with Gasteiger partial charge in [0.05, 0.1) is 28.1 Å². The van der Waals surface area contributed by atoms with Crippen molar-refractivity contribution in [2.24, 2.45) is 4.99 Å². The van der Waals surface area contributed by atoms with Gasteiger partial charge in [-0.3, -0.25) is 14.9 Å². The van der Waals surface area contributed by atoms with E-state index in [0.29, 0.717) is 29.1 Å². The molecular formula is C17H15BrN2O4. The lowest BCUT2D eigenvalue weighted by Gasteiger charge is -2.08. The van der Waals surface area contributed by atoms with E-state index in [0.717, 1.165) is 0 Å². The lowest BCUT2D eigenvalue weighted by molar-refractivity contribution is -0.384. The number of nitrogens with zero attached hydrogens (tertiary/aromatic N) is 2. The average molecular weight is 391 g/mol. The molecule has 0 saturated carbocycles. The van der Waals surface area contributed by atoms with E-state index in [1.165, 1.54) is 18.2 Å². The second kappa shape index (κ2) is 8.35. The lowest BCUT2D eigenvalue weighted by atomic mass is 10.0. The van der Waals surface area contributed by atoms with Crippen LogP contribution in [0.2, 0.25) is 0 Å². The maximum Gasteiger partial charge on any atom is 0.270 e. The molecule has 0 aromatic heterocycles. The predicted molar refractivity (Wildman–Crippen MR) is 95.5 cm³/mol. The van der Waals surface area contributed by atoms with Crippen LogP contribution in [-0.2, 0) is 4.74 Å². The molecule has 2 rings (SSSR count). The van der Waals surface area contributed by atoms with Crippen LogP contribution in [0.4, 0.5) is 11.4 Å². The van der Waals surface area contributed by atoms with Gasteiger partial charge in [0.25, 0.3) is 5.69 Å². The number of ketones is 1. The van der Waals surface area contributed by atoms with Crippen LogP contribution >= 0.6 is 15.9 Å². The number of nitro groups is 1. The Balaban J connectivity index is 2.55. The van der Waals surface area contributed by atoms with E-state index in [-0.39, 0.29) is 17.0 Å². The number of nitro benzene ring substituents is 1. The molecule has 0 aliphatic carbocycles. The number of aliphatic imine (C=N–C) groups is 1. The highest BCUT2D eigenvalue weighted by Gasteiger charge is 2.18. The Bertz CT molecular complexity index is 775. The summed E-state index contributed by atoms with van der Waals surface area (Å²) in [6.45, 7) is 2.25. The Morgan fingerprint density at radius 2 is 1.96 bits per heavy atom. The summed E-state index contributed by atoms with van der Waals surface area (Å²) in [7, 11) is 0. The molecule has 2 aromatic rings. The summed E-state index contributed by atoms with van der Waals surface area (Å²) in [6.07, 6.45) is 0. The highest BCUT2D eigenvalue weighted by molar-refractivity contribution is 9.09. The van der Waals surface area contributed by atoms with Crippen molar-refractivity contribution in [2.75, 3.05) is 11.9 Å². The smallest absolute Gasteiger partial charge is 0.270 e. The van der Waals surface area contributed by atoms with Crippen molar-refractivity contribution in [2.45, 2.75) is 6.92 Å². The van der Waals surface area contributed by atoms with E-state index in [1.807, 2.05) is 6.92 Å². The minimum Gasteiger partial charge on any atom is -0.480 e. The molecule has 0 radical (unpaired) electrons. The Labute approximate surface area is 147 Å². The molecule has 0 fully saturated rings. The van der Waals surface area contributed by atoms with Crippen molar-refractivity contribution < 1.29 is 14.5 Å². The number of benzene rings is 2. The third-order valence-electron chi connectivity index (χ3n) is 3.14. The van der Waals surface area contributed by atoms with Crippen molar-refractivity contribution in [3.05, 3.63) is 69.8 Å². The van der Waals surface area contributed by atoms with Gasteiger partial charge < -0.3 is 4.74 Å². The van der Waals surface area contributed by atoms with Crippen LogP contribution < -0.4 is 0 Å². The van der Waals surface area contributed by atoms with Gasteiger partial charge in [-0.1, -0.05) is 46.3 Å². The molecule has 0 N–H and O–H groups in total. The van der Waals surface area contributed by atoms with Crippen LogP contribution in [0.5, 0.6) is 0 Å². The molecule has 0 bridgehead atoms. The Hall–Kier alpha value is -2.54. The monoisotopic (exact) mass is 390 g/mol. The highest BCUT2D eigenvalue weighted by Crippen LogP contribution is 2.27. The van der Waals surface area contributed by atoms with Gasteiger partial charge in [-0.05, 0) is 13.0 Å². The fourth-order valence-electron chi connectivity index (χ4n) is 2.06. The van der Waals surface area contributed by atoms with Crippen LogP contribution in [0, 0.1) is 10.1 Å². The topological polar surface area (TPSA) is 81.8 Å². The maximum atomic E-state index is 12.7. The van der Waals surface area contributed by atoms with Crippen LogP contribution in [-0.4, -0.2) is 28.5 Å². The fourth-order valence-corrected chi connectivity index (χ4v) is 2.35. The van der Waals surface area contributed by atoms with Crippen LogP contribution in [0.15, 0.2) is 53.5 Å². The molecule has 0 heterocycles. The first-order chi connectivity index (χ1) is 11.6. The summed E-state index contributed by atoms with van der Waals surface area (Å²) >= 11 is 3.27. The number of halogens is 1. The number of non-ortho nitro benzene ring substituents is 1. The fraction of sp³-hybridized carbons (Fsp3) is 0.176. The molecule has 7 heteroatoms. The maximum absolute atomic E-state index is 12.7. The number of hydrogen-bond donors (Lipinski definition) is 0.